The van der Waals surface area contributed by atoms with Crippen molar-refractivity contribution in [3.05, 3.63) is 0 Å². The lowest BCUT2D eigenvalue weighted by Gasteiger charge is -2.10. The average molecular weight is 298 g/mol. The first-order chi connectivity index (χ1) is 8.24. The van der Waals surface area contributed by atoms with Gasteiger partial charge in [0.2, 0.25) is 5.91 Å². The van der Waals surface area contributed by atoms with E-state index in [1.54, 1.807) is 0 Å². The predicted octanol–water partition coefficient (Wildman–Crippen LogP) is -2.08. The van der Waals surface area contributed by atoms with Gasteiger partial charge in [0.25, 0.3) is 0 Å². The normalized spacial score (nSPS) is 22.8. The molecule has 1 unspecified atom stereocenters. The number of amides is 1. The van der Waals surface area contributed by atoms with E-state index in [4.69, 9.17) is 0 Å². The number of carbonyl (C=O) groups excluding carboxylic acids is 1. The average Bonchev–Trinajstić information content (AvgIpc) is 2.57. The van der Waals surface area contributed by atoms with Gasteiger partial charge in [0.15, 0.2) is 19.7 Å². The van der Waals surface area contributed by atoms with E-state index in [0.717, 1.165) is 0 Å². The third-order valence-electron chi connectivity index (χ3n) is 2.71. The van der Waals surface area contributed by atoms with Gasteiger partial charge in [-0.15, -0.1) is 0 Å². The summed E-state index contributed by atoms with van der Waals surface area (Å²) in [7, 11) is -5.02. The summed E-state index contributed by atoms with van der Waals surface area (Å²) in [6.07, 6.45) is 0.512. The monoisotopic (exact) mass is 298 g/mol. The Kier molecular flexibility index (Phi) is 5.11. The molecule has 106 valence electrons. The van der Waals surface area contributed by atoms with Crippen LogP contribution in [-0.2, 0) is 24.5 Å². The van der Waals surface area contributed by atoms with Crippen molar-refractivity contribution >= 4 is 25.6 Å². The maximum Gasteiger partial charge on any atom is 0.234 e. The largest absolute Gasteiger partial charge is 0.358 e. The van der Waals surface area contributed by atoms with Crippen LogP contribution in [0.4, 0.5) is 0 Å². The van der Waals surface area contributed by atoms with Gasteiger partial charge in [0.1, 0.15) is 5.75 Å². The quantitative estimate of drug-likeness (QED) is 0.583. The van der Waals surface area contributed by atoms with Gasteiger partial charge in [0.05, 0.1) is 17.3 Å². The third kappa shape index (κ3) is 5.32. The van der Waals surface area contributed by atoms with Crippen molar-refractivity contribution in [1.82, 2.24) is 10.6 Å². The number of hydrogen-bond donors (Lipinski definition) is 2. The summed E-state index contributed by atoms with van der Waals surface area (Å²) in [5.74, 6) is -1.04. The zero-order valence-corrected chi connectivity index (χ0v) is 11.8. The topological polar surface area (TPSA) is 109 Å². The summed E-state index contributed by atoms with van der Waals surface area (Å²) in [6.45, 7) is 0.166. The molecule has 1 saturated heterocycles. The molecule has 0 bridgehead atoms. The second-order valence-corrected chi connectivity index (χ2v) is 8.73. The van der Waals surface area contributed by atoms with Crippen molar-refractivity contribution in [2.45, 2.75) is 12.5 Å². The first kappa shape index (κ1) is 15.4. The zero-order valence-electron chi connectivity index (χ0n) is 10.2. The molecule has 1 fully saturated rings. The molecule has 1 atom stereocenters. The summed E-state index contributed by atoms with van der Waals surface area (Å²) in [4.78, 5) is 10.9. The van der Waals surface area contributed by atoms with Gasteiger partial charge in [-0.1, -0.05) is 0 Å². The highest BCUT2D eigenvalue weighted by Gasteiger charge is 2.27. The molecule has 1 aliphatic heterocycles. The van der Waals surface area contributed by atoms with Gasteiger partial charge in [0, 0.05) is 19.6 Å². The van der Waals surface area contributed by atoms with Crippen LogP contribution in [0.25, 0.3) is 0 Å². The van der Waals surface area contributed by atoms with Crippen LogP contribution < -0.4 is 10.6 Å². The second-order valence-electron chi connectivity index (χ2n) is 4.32. The first-order valence-electron chi connectivity index (χ1n) is 5.59. The standard InChI is InChI=1S/C9H18N2O5S2/c1-10-9(12)7-18(15,16)5-3-11-8-2-4-17(13,14)6-8/h8,11H,2-7H2,1H3,(H,10,12). The van der Waals surface area contributed by atoms with Gasteiger partial charge >= 0.3 is 0 Å². The van der Waals surface area contributed by atoms with E-state index in [1.165, 1.54) is 7.05 Å². The minimum Gasteiger partial charge on any atom is -0.358 e. The van der Waals surface area contributed by atoms with Crippen LogP contribution in [0.3, 0.4) is 0 Å². The van der Waals surface area contributed by atoms with Crippen molar-refractivity contribution in [1.29, 1.82) is 0 Å². The van der Waals surface area contributed by atoms with E-state index in [1.807, 2.05) is 0 Å². The number of rotatable bonds is 6. The Balaban J connectivity index is 2.32. The summed E-state index contributed by atoms with van der Waals surface area (Å²) < 4.78 is 45.3. The zero-order chi connectivity index (χ0) is 13.8. The van der Waals surface area contributed by atoms with Crippen molar-refractivity contribution in [2.75, 3.05) is 36.6 Å². The fourth-order valence-corrected chi connectivity index (χ4v) is 4.54. The Morgan fingerprint density at radius 2 is 2.06 bits per heavy atom. The Labute approximate surface area is 107 Å². The molecule has 1 heterocycles. The molecule has 0 saturated carbocycles. The molecule has 0 aromatic heterocycles. The fraction of sp³-hybridized carbons (Fsp3) is 0.889. The Hall–Kier alpha value is -0.670. The van der Waals surface area contributed by atoms with Gasteiger partial charge in [-0.05, 0) is 6.42 Å². The van der Waals surface area contributed by atoms with Crippen molar-refractivity contribution in [2.24, 2.45) is 0 Å². The van der Waals surface area contributed by atoms with Crippen LogP contribution in [0.15, 0.2) is 0 Å². The Morgan fingerprint density at radius 1 is 1.39 bits per heavy atom. The Morgan fingerprint density at radius 3 is 2.56 bits per heavy atom. The lowest BCUT2D eigenvalue weighted by atomic mass is 10.3. The lowest BCUT2D eigenvalue weighted by Crippen LogP contribution is -2.36. The summed E-state index contributed by atoms with van der Waals surface area (Å²) in [5.41, 5.74) is 0. The molecule has 0 aromatic carbocycles. The van der Waals surface area contributed by atoms with Gasteiger partial charge in [-0.25, -0.2) is 16.8 Å². The van der Waals surface area contributed by atoms with Gasteiger partial charge in [-0.3, -0.25) is 4.79 Å². The molecule has 1 aliphatic rings. The summed E-state index contributed by atoms with van der Waals surface area (Å²) >= 11 is 0. The number of sulfone groups is 2. The lowest BCUT2D eigenvalue weighted by molar-refractivity contribution is -0.118. The van der Waals surface area contributed by atoms with Gasteiger partial charge in [-0.2, -0.15) is 0 Å². The molecule has 0 aromatic rings. The van der Waals surface area contributed by atoms with Crippen LogP contribution in [0.1, 0.15) is 6.42 Å². The summed E-state index contributed by atoms with van der Waals surface area (Å²) in [6, 6.07) is -0.176. The minimum atomic E-state index is -3.44. The van der Waals surface area contributed by atoms with E-state index in [0.29, 0.717) is 6.42 Å². The van der Waals surface area contributed by atoms with E-state index in [2.05, 4.69) is 10.6 Å². The van der Waals surface area contributed by atoms with Crippen molar-refractivity contribution < 1.29 is 21.6 Å². The molecule has 0 radical (unpaired) electrons. The van der Waals surface area contributed by atoms with Crippen molar-refractivity contribution in [3.63, 3.8) is 0 Å². The smallest absolute Gasteiger partial charge is 0.234 e. The highest BCUT2D eigenvalue weighted by molar-refractivity contribution is 7.92. The maximum atomic E-state index is 11.5. The molecular weight excluding hydrogens is 280 g/mol. The van der Waals surface area contributed by atoms with E-state index < -0.39 is 31.3 Å². The van der Waals surface area contributed by atoms with Crippen LogP contribution in [0.2, 0.25) is 0 Å². The van der Waals surface area contributed by atoms with Crippen LogP contribution in [-0.4, -0.2) is 65.4 Å². The molecular formula is C9H18N2O5S2. The second kappa shape index (κ2) is 5.98. The molecule has 0 aliphatic carbocycles. The van der Waals surface area contributed by atoms with Crippen molar-refractivity contribution in [3.8, 4) is 0 Å². The minimum absolute atomic E-state index is 0.0580. The van der Waals surface area contributed by atoms with Crippen LogP contribution in [0, 0.1) is 0 Å². The predicted molar refractivity (Wildman–Crippen MR) is 67.8 cm³/mol. The van der Waals surface area contributed by atoms with Crippen LogP contribution in [0.5, 0.6) is 0 Å². The highest BCUT2D eigenvalue weighted by atomic mass is 32.2. The first-order valence-corrected chi connectivity index (χ1v) is 9.23. The third-order valence-corrected chi connectivity index (χ3v) is 6.00. The van der Waals surface area contributed by atoms with E-state index >= 15 is 0 Å². The number of nitrogens with one attached hydrogen (secondary N) is 2. The molecule has 2 N–H and O–H groups in total. The van der Waals surface area contributed by atoms with Crippen LogP contribution >= 0.6 is 0 Å². The number of hydrogen-bond acceptors (Lipinski definition) is 6. The summed E-state index contributed by atoms with van der Waals surface area (Å²) in [5, 5.41) is 5.14. The molecule has 7 nitrogen and oxygen atoms in total. The molecule has 0 spiro atoms. The van der Waals surface area contributed by atoms with Gasteiger partial charge < -0.3 is 10.6 Å². The van der Waals surface area contributed by atoms with E-state index in [-0.39, 0.29) is 29.8 Å². The number of carbonyl (C=O) groups is 1. The highest BCUT2D eigenvalue weighted by Crippen LogP contribution is 2.10. The SMILES string of the molecule is CNC(=O)CS(=O)(=O)CCNC1CCS(=O)(=O)C1. The van der Waals surface area contributed by atoms with E-state index in [9.17, 15) is 21.6 Å². The Bertz CT molecular complexity index is 497. The fourth-order valence-electron chi connectivity index (χ4n) is 1.72. The molecule has 9 heteroatoms. The molecule has 1 amide bonds. The maximum absolute atomic E-state index is 11.5. The molecule has 18 heavy (non-hydrogen) atoms. The molecule has 1 rings (SSSR count).